The maximum absolute atomic E-state index is 12.8. The molecule has 0 bridgehead atoms. The Morgan fingerprint density at radius 3 is 2.70 bits per heavy atom. The lowest BCUT2D eigenvalue weighted by Crippen LogP contribution is -2.30. The van der Waals surface area contributed by atoms with Gasteiger partial charge < -0.3 is 10.1 Å². The number of carbonyl (C=O) groups is 2. The van der Waals surface area contributed by atoms with Crippen molar-refractivity contribution in [2.75, 3.05) is 17.7 Å². The molecule has 1 amide bonds. The first kappa shape index (κ1) is 23.3. The summed E-state index contributed by atoms with van der Waals surface area (Å²) in [7, 11) is 0. The second-order valence-corrected chi connectivity index (χ2v) is 9.63. The zero-order valence-corrected chi connectivity index (χ0v) is 20.0. The van der Waals surface area contributed by atoms with Crippen molar-refractivity contribution in [3.8, 4) is 0 Å². The van der Waals surface area contributed by atoms with Crippen molar-refractivity contribution in [1.29, 1.82) is 0 Å². The number of hydrogen-bond acceptors (Lipinski definition) is 7. The van der Waals surface area contributed by atoms with Crippen LogP contribution in [0.15, 0.2) is 51.6 Å². The SMILES string of the molecule is CCOC(=O)c1ccc(NC(=O)CSc2nc(=O)n(Cc3cccs3)c3c2CCCC3)cc1. The molecule has 0 unspecified atom stereocenters. The molecule has 1 aromatic carbocycles. The molecular formula is C24H25N3O4S2. The molecule has 9 heteroatoms. The number of thioether (sulfide) groups is 1. The predicted octanol–water partition coefficient (Wildman–Crippen LogP) is 4.14. The van der Waals surface area contributed by atoms with Crippen LogP contribution in [0.3, 0.4) is 0 Å². The van der Waals surface area contributed by atoms with Gasteiger partial charge in [0.15, 0.2) is 0 Å². The van der Waals surface area contributed by atoms with Crippen molar-refractivity contribution in [2.45, 2.75) is 44.2 Å². The lowest BCUT2D eigenvalue weighted by atomic mass is 9.97. The first-order chi connectivity index (χ1) is 16.0. The molecule has 0 saturated heterocycles. The lowest BCUT2D eigenvalue weighted by Gasteiger charge is -2.22. The zero-order valence-electron chi connectivity index (χ0n) is 18.3. The van der Waals surface area contributed by atoms with Crippen LogP contribution in [0.5, 0.6) is 0 Å². The number of amides is 1. The average molecular weight is 484 g/mol. The number of thiophene rings is 1. The highest BCUT2D eigenvalue weighted by atomic mass is 32.2. The van der Waals surface area contributed by atoms with Crippen LogP contribution in [0.2, 0.25) is 0 Å². The summed E-state index contributed by atoms with van der Waals surface area (Å²) < 4.78 is 6.75. The highest BCUT2D eigenvalue weighted by Crippen LogP contribution is 2.29. The number of anilines is 1. The van der Waals surface area contributed by atoms with Crippen LogP contribution in [0.4, 0.5) is 5.69 Å². The number of rotatable bonds is 8. The van der Waals surface area contributed by atoms with Crippen LogP contribution >= 0.6 is 23.1 Å². The molecule has 1 aliphatic carbocycles. The van der Waals surface area contributed by atoms with Gasteiger partial charge in [-0.25, -0.2) is 9.59 Å². The van der Waals surface area contributed by atoms with Gasteiger partial charge in [-0.2, -0.15) is 4.98 Å². The van der Waals surface area contributed by atoms with Crippen LogP contribution in [0.25, 0.3) is 0 Å². The third-order valence-electron chi connectivity index (χ3n) is 5.36. The fourth-order valence-electron chi connectivity index (χ4n) is 3.82. The summed E-state index contributed by atoms with van der Waals surface area (Å²) in [5.41, 5.74) is 2.90. The number of carbonyl (C=O) groups excluding carboxylic acids is 2. The molecule has 0 saturated carbocycles. The van der Waals surface area contributed by atoms with Gasteiger partial charge in [-0.15, -0.1) is 11.3 Å². The summed E-state index contributed by atoms with van der Waals surface area (Å²) >= 11 is 2.93. The van der Waals surface area contributed by atoms with Gasteiger partial charge in [0.25, 0.3) is 0 Å². The number of benzene rings is 1. The molecule has 33 heavy (non-hydrogen) atoms. The number of hydrogen-bond donors (Lipinski definition) is 1. The van der Waals surface area contributed by atoms with Gasteiger partial charge in [-0.05, 0) is 68.3 Å². The molecule has 2 heterocycles. The summed E-state index contributed by atoms with van der Waals surface area (Å²) in [6, 6.07) is 10.6. The normalized spacial score (nSPS) is 12.8. The van der Waals surface area contributed by atoms with Crippen molar-refractivity contribution >= 4 is 40.7 Å². The highest BCUT2D eigenvalue weighted by Gasteiger charge is 2.21. The second-order valence-electron chi connectivity index (χ2n) is 7.63. The van der Waals surface area contributed by atoms with E-state index in [1.54, 1.807) is 47.1 Å². The summed E-state index contributed by atoms with van der Waals surface area (Å²) in [4.78, 5) is 42.5. The molecule has 1 aliphatic rings. The summed E-state index contributed by atoms with van der Waals surface area (Å²) in [6.45, 7) is 2.60. The predicted molar refractivity (Wildman–Crippen MR) is 130 cm³/mol. The molecular weight excluding hydrogens is 458 g/mol. The molecule has 0 aliphatic heterocycles. The van der Waals surface area contributed by atoms with Gasteiger partial charge in [-0.3, -0.25) is 9.36 Å². The Morgan fingerprint density at radius 1 is 1.18 bits per heavy atom. The van der Waals surface area contributed by atoms with Crippen LogP contribution in [-0.2, 0) is 28.9 Å². The quantitative estimate of drug-likeness (QED) is 0.294. The van der Waals surface area contributed by atoms with Crippen LogP contribution in [-0.4, -0.2) is 33.8 Å². The van der Waals surface area contributed by atoms with E-state index < -0.39 is 5.97 Å². The number of nitrogens with zero attached hydrogens (tertiary/aromatic N) is 2. The van der Waals surface area contributed by atoms with E-state index in [0.29, 0.717) is 29.4 Å². The van der Waals surface area contributed by atoms with Crippen LogP contribution in [0, 0.1) is 0 Å². The van der Waals surface area contributed by atoms with Crippen molar-refractivity contribution in [3.63, 3.8) is 0 Å². The second kappa shape index (κ2) is 10.8. The first-order valence-corrected chi connectivity index (χ1v) is 12.8. The van der Waals surface area contributed by atoms with E-state index >= 15 is 0 Å². The molecule has 7 nitrogen and oxygen atoms in total. The fourth-order valence-corrected chi connectivity index (χ4v) is 5.39. The topological polar surface area (TPSA) is 90.3 Å². The minimum absolute atomic E-state index is 0.146. The minimum Gasteiger partial charge on any atom is -0.462 e. The van der Waals surface area contributed by atoms with Crippen LogP contribution < -0.4 is 11.0 Å². The molecule has 3 aromatic rings. The van der Waals surface area contributed by atoms with Crippen molar-refractivity contribution in [1.82, 2.24) is 9.55 Å². The van der Waals surface area contributed by atoms with E-state index in [1.165, 1.54) is 11.8 Å². The van der Waals surface area contributed by atoms with Gasteiger partial charge >= 0.3 is 11.7 Å². The maximum atomic E-state index is 12.8. The third-order valence-corrected chi connectivity index (χ3v) is 7.24. The van der Waals surface area contributed by atoms with Crippen LogP contribution in [0.1, 0.15) is 46.3 Å². The van der Waals surface area contributed by atoms with E-state index in [2.05, 4.69) is 10.3 Å². The fraction of sp³-hybridized carbons (Fsp3) is 0.333. The maximum Gasteiger partial charge on any atom is 0.349 e. The largest absolute Gasteiger partial charge is 0.462 e. The summed E-state index contributed by atoms with van der Waals surface area (Å²) in [5, 5.41) is 5.49. The van der Waals surface area contributed by atoms with E-state index in [1.807, 2.05) is 17.5 Å². The lowest BCUT2D eigenvalue weighted by molar-refractivity contribution is -0.113. The Morgan fingerprint density at radius 2 is 1.97 bits per heavy atom. The molecule has 1 N–H and O–H groups in total. The van der Waals surface area contributed by atoms with Gasteiger partial charge in [0, 0.05) is 21.8 Å². The average Bonchev–Trinajstić information content (AvgIpc) is 3.34. The van der Waals surface area contributed by atoms with E-state index in [0.717, 1.165) is 41.8 Å². The van der Waals surface area contributed by atoms with Crippen molar-refractivity contribution in [3.05, 3.63) is 74.0 Å². The van der Waals surface area contributed by atoms with Gasteiger partial charge in [0.1, 0.15) is 5.03 Å². The summed E-state index contributed by atoms with van der Waals surface area (Å²) in [6.07, 6.45) is 3.82. The zero-order chi connectivity index (χ0) is 23.2. The smallest absolute Gasteiger partial charge is 0.349 e. The molecule has 0 atom stereocenters. The highest BCUT2D eigenvalue weighted by molar-refractivity contribution is 8.00. The number of esters is 1. The van der Waals surface area contributed by atoms with Gasteiger partial charge in [0.2, 0.25) is 5.91 Å². The molecule has 0 spiro atoms. The Labute approximate surface area is 200 Å². The Balaban J connectivity index is 1.43. The van der Waals surface area contributed by atoms with E-state index in [9.17, 15) is 14.4 Å². The number of aromatic nitrogens is 2. The Bertz CT molecular complexity index is 1190. The van der Waals surface area contributed by atoms with E-state index in [-0.39, 0.29) is 17.3 Å². The Kier molecular flexibility index (Phi) is 7.61. The molecule has 2 aromatic heterocycles. The monoisotopic (exact) mass is 483 g/mol. The van der Waals surface area contributed by atoms with Crippen molar-refractivity contribution < 1.29 is 14.3 Å². The summed E-state index contributed by atoms with van der Waals surface area (Å²) in [5.74, 6) is -0.443. The first-order valence-electron chi connectivity index (χ1n) is 10.9. The van der Waals surface area contributed by atoms with Gasteiger partial charge in [0.05, 0.1) is 24.5 Å². The minimum atomic E-state index is -0.393. The standard InChI is InChI=1S/C24H25N3O4S2/c1-2-31-23(29)16-9-11-17(12-10-16)25-21(28)15-33-22-19-7-3-4-8-20(19)27(24(30)26-22)14-18-6-5-13-32-18/h5-6,9-13H,2-4,7-8,14-15H2,1H3,(H,25,28). The molecule has 172 valence electrons. The number of ether oxygens (including phenoxy) is 1. The molecule has 4 rings (SSSR count). The molecule has 0 radical (unpaired) electrons. The van der Waals surface area contributed by atoms with Gasteiger partial charge in [-0.1, -0.05) is 17.8 Å². The number of fused-ring (bicyclic) bond motifs is 1. The number of nitrogens with one attached hydrogen (secondary N) is 1. The third kappa shape index (κ3) is 5.72. The Hall–Kier alpha value is -2.91. The van der Waals surface area contributed by atoms with E-state index in [4.69, 9.17) is 4.74 Å². The van der Waals surface area contributed by atoms with Crippen molar-refractivity contribution in [2.24, 2.45) is 0 Å². The molecule has 0 fully saturated rings.